The molecule has 0 aromatic rings. The van der Waals surface area contributed by atoms with Crippen molar-refractivity contribution in [3.8, 4) is 0 Å². The number of hydrogen-bond acceptors (Lipinski definition) is 1. The van der Waals surface area contributed by atoms with Gasteiger partial charge in [-0.1, -0.05) is 0 Å². The predicted molar refractivity (Wildman–Crippen MR) is 56.2 cm³/mol. The van der Waals surface area contributed by atoms with Gasteiger partial charge in [0.15, 0.2) is 12.5 Å². The van der Waals surface area contributed by atoms with Gasteiger partial charge in [-0.3, -0.25) is 0 Å². The average molecular weight is 476 g/mol. The third kappa shape index (κ3) is 3.70. The number of alkyl halides is 17. The molecule has 0 heterocycles. The minimum atomic E-state index is -8.53. The maximum atomic E-state index is 13.2. The van der Waals surface area contributed by atoms with Gasteiger partial charge in [0.1, 0.15) is 0 Å². The van der Waals surface area contributed by atoms with Gasteiger partial charge in [0.2, 0.25) is 0 Å². The molecule has 0 aliphatic heterocycles. The van der Waals surface area contributed by atoms with E-state index in [4.69, 9.17) is 0 Å². The Hall–Kier alpha value is -1.52. The summed E-state index contributed by atoms with van der Waals surface area (Å²) in [6.45, 7) is 0. The fourth-order valence-corrected chi connectivity index (χ4v) is 1.59. The Morgan fingerprint density at radius 3 is 1.17 bits per heavy atom. The second-order valence-corrected chi connectivity index (χ2v) is 5.36. The molecule has 0 spiro atoms. The van der Waals surface area contributed by atoms with Crippen LogP contribution in [-0.2, 0) is 4.79 Å². The van der Waals surface area contributed by atoms with E-state index in [1.54, 1.807) is 0 Å². The largest absolute Gasteiger partial charge is 0.384 e. The SMILES string of the molecule is O=CC(F)CC(F)(F)C(F)(F)C(F)(F)C(F)(F)C(F)(F)C(F)(F)C(F)(F)C(F)F. The highest BCUT2D eigenvalue weighted by atomic mass is 19.4. The van der Waals surface area contributed by atoms with Crippen molar-refractivity contribution >= 4 is 6.29 Å². The van der Waals surface area contributed by atoms with Crippen LogP contribution < -0.4 is 0 Å². The summed E-state index contributed by atoms with van der Waals surface area (Å²) >= 11 is 0. The van der Waals surface area contributed by atoms with Crippen LogP contribution in [0.4, 0.5) is 74.6 Å². The molecular weight excluding hydrogens is 471 g/mol. The van der Waals surface area contributed by atoms with E-state index in [1.165, 1.54) is 0 Å². The van der Waals surface area contributed by atoms with Crippen molar-refractivity contribution < 1.29 is 79.4 Å². The summed E-state index contributed by atoms with van der Waals surface area (Å²) < 4.78 is 218. The first-order valence-corrected chi connectivity index (χ1v) is 6.42. The lowest BCUT2D eigenvalue weighted by Gasteiger charge is -2.42. The molecule has 0 saturated heterocycles. The standard InChI is InChI=1S/C11H5F17O/c12-3(2-29)1-5(15,16)7(19,20)9(23,24)11(27,28)10(25,26)8(21,22)6(17,18)4(13)14/h2-4H,1H2. The van der Waals surface area contributed by atoms with Gasteiger partial charge in [-0.25, -0.2) is 13.2 Å². The third-order valence-corrected chi connectivity index (χ3v) is 3.33. The first kappa shape index (κ1) is 27.5. The van der Waals surface area contributed by atoms with E-state index in [1.807, 2.05) is 0 Å². The van der Waals surface area contributed by atoms with E-state index in [-0.39, 0.29) is 0 Å². The highest BCUT2D eigenvalue weighted by Gasteiger charge is 2.93. The molecule has 0 aliphatic carbocycles. The number of rotatable bonds is 10. The van der Waals surface area contributed by atoms with Gasteiger partial charge in [-0.15, -0.1) is 0 Å². The Balaban J connectivity index is 6.55. The summed E-state index contributed by atoms with van der Waals surface area (Å²) in [7, 11) is 0. The summed E-state index contributed by atoms with van der Waals surface area (Å²) in [6.07, 6.45) is -14.3. The Morgan fingerprint density at radius 1 is 0.552 bits per heavy atom. The molecule has 0 N–H and O–H groups in total. The number of hydrogen-bond donors (Lipinski definition) is 0. The predicted octanol–water partition coefficient (Wildman–Crippen LogP) is 5.63. The molecule has 1 nitrogen and oxygen atoms in total. The fourth-order valence-electron chi connectivity index (χ4n) is 1.59. The molecule has 0 rings (SSSR count). The van der Waals surface area contributed by atoms with Gasteiger partial charge in [-0.05, 0) is 0 Å². The van der Waals surface area contributed by atoms with Crippen molar-refractivity contribution in [2.75, 3.05) is 0 Å². The van der Waals surface area contributed by atoms with E-state index < -0.39 is 66.8 Å². The topological polar surface area (TPSA) is 17.1 Å². The molecule has 174 valence electrons. The van der Waals surface area contributed by atoms with E-state index in [2.05, 4.69) is 0 Å². The summed E-state index contributed by atoms with van der Waals surface area (Å²) in [5.74, 6) is -55.7. The second-order valence-electron chi connectivity index (χ2n) is 5.36. The average Bonchev–Trinajstić information content (AvgIpc) is 2.52. The quantitative estimate of drug-likeness (QED) is 0.296. The monoisotopic (exact) mass is 476 g/mol. The zero-order chi connectivity index (χ0) is 24.1. The minimum absolute atomic E-state index is 1.24. The molecule has 0 aliphatic rings. The Morgan fingerprint density at radius 2 is 0.862 bits per heavy atom. The van der Waals surface area contributed by atoms with Gasteiger partial charge in [0.25, 0.3) is 0 Å². The highest BCUT2D eigenvalue weighted by Crippen LogP contribution is 2.63. The highest BCUT2D eigenvalue weighted by molar-refractivity contribution is 5.55. The molecule has 0 radical (unpaired) electrons. The number of carbonyl (C=O) groups is 1. The van der Waals surface area contributed by atoms with Crippen LogP contribution in [0.5, 0.6) is 0 Å². The van der Waals surface area contributed by atoms with Crippen molar-refractivity contribution in [3.05, 3.63) is 0 Å². The van der Waals surface area contributed by atoms with E-state index in [0.717, 1.165) is 0 Å². The van der Waals surface area contributed by atoms with Crippen LogP contribution in [0.2, 0.25) is 0 Å². The Kier molecular flexibility index (Phi) is 6.93. The maximum Gasteiger partial charge on any atom is 0.384 e. The van der Waals surface area contributed by atoms with Crippen molar-refractivity contribution in [1.29, 1.82) is 0 Å². The second kappa shape index (κ2) is 7.31. The van der Waals surface area contributed by atoms with Gasteiger partial charge in [-0.2, -0.15) is 61.5 Å². The van der Waals surface area contributed by atoms with E-state index in [9.17, 15) is 79.4 Å². The molecule has 1 atom stereocenters. The van der Waals surface area contributed by atoms with Gasteiger partial charge in [0, 0.05) is 0 Å². The smallest absolute Gasteiger partial charge is 0.300 e. The Labute approximate surface area is 147 Å². The maximum absolute atomic E-state index is 13.2. The van der Waals surface area contributed by atoms with Gasteiger partial charge in [0.05, 0.1) is 6.42 Å². The lowest BCUT2D eigenvalue weighted by atomic mass is 9.88. The summed E-state index contributed by atoms with van der Waals surface area (Å²) in [5.41, 5.74) is 0. The molecule has 0 bridgehead atoms. The van der Waals surface area contributed by atoms with Crippen LogP contribution in [0.1, 0.15) is 6.42 Å². The molecule has 0 amide bonds. The van der Waals surface area contributed by atoms with Crippen LogP contribution in [0.25, 0.3) is 0 Å². The first-order chi connectivity index (χ1) is 12.4. The minimum Gasteiger partial charge on any atom is -0.300 e. The normalized spacial score (nSPS) is 16.9. The first-order valence-electron chi connectivity index (χ1n) is 6.42. The molecule has 29 heavy (non-hydrogen) atoms. The van der Waals surface area contributed by atoms with E-state index in [0.29, 0.717) is 0 Å². The number of carbonyl (C=O) groups excluding carboxylic acids is 1. The summed E-state index contributed by atoms with van der Waals surface area (Å²) in [5, 5.41) is 0. The number of aldehydes is 1. The molecule has 0 aromatic heterocycles. The van der Waals surface area contributed by atoms with Crippen LogP contribution in [0, 0.1) is 0 Å². The summed E-state index contributed by atoms with van der Waals surface area (Å²) in [6, 6.07) is 0. The van der Waals surface area contributed by atoms with Crippen molar-refractivity contribution in [2.45, 2.75) is 60.5 Å². The molecule has 1 unspecified atom stereocenters. The lowest BCUT2D eigenvalue weighted by Crippen LogP contribution is -2.73. The fraction of sp³-hybridized carbons (Fsp3) is 0.909. The molecule has 18 heteroatoms. The van der Waals surface area contributed by atoms with Crippen molar-refractivity contribution in [1.82, 2.24) is 0 Å². The van der Waals surface area contributed by atoms with Crippen molar-refractivity contribution in [2.24, 2.45) is 0 Å². The zero-order valence-corrected chi connectivity index (χ0v) is 12.8. The number of halogens is 17. The zero-order valence-electron chi connectivity index (χ0n) is 12.8. The van der Waals surface area contributed by atoms with Crippen LogP contribution in [0.15, 0.2) is 0 Å². The molecule has 0 fully saturated rings. The molecule has 0 saturated carbocycles. The van der Waals surface area contributed by atoms with Crippen LogP contribution in [0.3, 0.4) is 0 Å². The van der Waals surface area contributed by atoms with Crippen LogP contribution >= 0.6 is 0 Å². The van der Waals surface area contributed by atoms with Crippen LogP contribution in [-0.4, -0.2) is 60.3 Å². The van der Waals surface area contributed by atoms with E-state index >= 15 is 0 Å². The van der Waals surface area contributed by atoms with Crippen molar-refractivity contribution in [3.63, 3.8) is 0 Å². The molecular formula is C11H5F17O. The van der Waals surface area contributed by atoms with Gasteiger partial charge < -0.3 is 4.79 Å². The van der Waals surface area contributed by atoms with Gasteiger partial charge >= 0.3 is 47.9 Å². The lowest BCUT2D eigenvalue weighted by molar-refractivity contribution is -0.447. The third-order valence-electron chi connectivity index (χ3n) is 3.33. The molecule has 0 aromatic carbocycles. The Bertz CT molecular complexity index is 594. The summed E-state index contributed by atoms with van der Waals surface area (Å²) in [4.78, 5) is 9.76.